The molecule has 1 heterocycles. The van der Waals surface area contributed by atoms with Gasteiger partial charge < -0.3 is 10.6 Å². The van der Waals surface area contributed by atoms with Gasteiger partial charge in [0, 0.05) is 24.3 Å². The molecule has 1 aromatic carbocycles. The molecule has 0 fully saturated rings. The third-order valence-electron chi connectivity index (χ3n) is 2.74. The van der Waals surface area contributed by atoms with Crippen molar-refractivity contribution in [1.82, 2.24) is 9.59 Å². The molecule has 2 N–H and O–H groups in total. The van der Waals surface area contributed by atoms with Gasteiger partial charge in [-0.25, -0.2) is 0 Å². The molecule has 90 valence electrons. The Bertz CT molecular complexity index is 521. The number of hydrogen-bond donors (Lipinski definition) is 1. The lowest BCUT2D eigenvalue weighted by molar-refractivity contribution is 0.870. The fourth-order valence-corrected chi connectivity index (χ4v) is 2.31. The summed E-state index contributed by atoms with van der Waals surface area (Å²) in [6.45, 7) is 4.90. The van der Waals surface area contributed by atoms with E-state index in [2.05, 4.69) is 46.5 Å². The van der Waals surface area contributed by atoms with Crippen LogP contribution < -0.4 is 10.6 Å². The van der Waals surface area contributed by atoms with E-state index in [1.54, 1.807) is 0 Å². The second kappa shape index (κ2) is 4.71. The van der Waals surface area contributed by atoms with Crippen molar-refractivity contribution in [3.8, 4) is 0 Å². The van der Waals surface area contributed by atoms with Crippen molar-refractivity contribution < 1.29 is 0 Å². The smallest absolute Gasteiger partial charge is 0.132 e. The van der Waals surface area contributed by atoms with Crippen LogP contribution in [0, 0.1) is 13.8 Å². The number of nitrogen functional groups attached to an aromatic ring is 1. The molecule has 0 atom stereocenters. The third-order valence-corrected chi connectivity index (χ3v) is 3.33. The van der Waals surface area contributed by atoms with Gasteiger partial charge in [0.2, 0.25) is 0 Å². The van der Waals surface area contributed by atoms with E-state index >= 15 is 0 Å². The lowest BCUT2D eigenvalue weighted by Crippen LogP contribution is -2.18. The molecule has 2 aromatic rings. The molecule has 0 aliphatic carbocycles. The number of rotatable bonds is 3. The zero-order valence-corrected chi connectivity index (χ0v) is 11.1. The maximum Gasteiger partial charge on any atom is 0.132 e. The molecule has 4 nitrogen and oxygen atoms in total. The number of nitrogens with two attached hydrogens (primary N) is 1. The molecule has 0 unspecified atom stereocenters. The largest absolute Gasteiger partial charge is 0.388 e. The van der Waals surface area contributed by atoms with E-state index < -0.39 is 0 Å². The van der Waals surface area contributed by atoms with Crippen molar-refractivity contribution >= 4 is 22.2 Å². The van der Waals surface area contributed by atoms with Crippen LogP contribution >= 0.6 is 11.5 Å². The summed E-state index contributed by atoms with van der Waals surface area (Å²) in [5, 5.41) is 4.73. The Labute approximate surface area is 105 Å². The topological polar surface area (TPSA) is 55.0 Å². The van der Waals surface area contributed by atoms with Crippen LogP contribution in [-0.4, -0.2) is 16.6 Å². The van der Waals surface area contributed by atoms with Gasteiger partial charge >= 0.3 is 0 Å². The lowest BCUT2D eigenvalue weighted by atomic mass is 10.1. The molecule has 0 aliphatic rings. The average Bonchev–Trinajstić information content (AvgIpc) is 2.64. The fourth-order valence-electron chi connectivity index (χ4n) is 1.87. The summed E-state index contributed by atoms with van der Waals surface area (Å²) in [5.41, 5.74) is 10.4. The second-order valence-electron chi connectivity index (χ2n) is 4.23. The Morgan fingerprint density at radius 2 is 2.12 bits per heavy atom. The molecule has 0 aliphatic heterocycles. The highest BCUT2D eigenvalue weighted by Crippen LogP contribution is 2.23. The van der Waals surface area contributed by atoms with E-state index in [4.69, 9.17) is 5.73 Å². The Kier molecular flexibility index (Phi) is 3.28. The third kappa shape index (κ3) is 2.55. The van der Waals surface area contributed by atoms with Crippen LogP contribution in [0.5, 0.6) is 0 Å². The second-order valence-corrected chi connectivity index (χ2v) is 5.02. The van der Waals surface area contributed by atoms with Crippen LogP contribution in [0.15, 0.2) is 18.2 Å². The molecular formula is C12H16N4S. The normalized spacial score (nSPS) is 10.5. The number of anilines is 2. The van der Waals surface area contributed by atoms with Crippen LogP contribution in [0.3, 0.4) is 0 Å². The van der Waals surface area contributed by atoms with Gasteiger partial charge in [0.25, 0.3) is 0 Å². The summed E-state index contributed by atoms with van der Waals surface area (Å²) < 4.78 is 3.84. The van der Waals surface area contributed by atoms with Gasteiger partial charge in [-0.05, 0) is 25.5 Å². The summed E-state index contributed by atoms with van der Waals surface area (Å²) in [6.07, 6.45) is 0. The minimum Gasteiger partial charge on any atom is -0.388 e. The monoisotopic (exact) mass is 248 g/mol. The highest BCUT2D eigenvalue weighted by molar-refractivity contribution is 7.09. The standard InChI is InChI=1S/C12H16N4S/c1-8-4-5-11(9(2)6-8)16(3)7-10-12(13)17-15-14-10/h4-6H,7,13H2,1-3H3. The van der Waals surface area contributed by atoms with Crippen molar-refractivity contribution in [3.63, 3.8) is 0 Å². The first-order chi connectivity index (χ1) is 8.08. The molecule has 0 amide bonds. The minimum atomic E-state index is 0.687. The average molecular weight is 248 g/mol. The molecule has 0 spiro atoms. The summed E-state index contributed by atoms with van der Waals surface area (Å²) in [4.78, 5) is 2.14. The molecule has 0 saturated heterocycles. The van der Waals surface area contributed by atoms with Crippen molar-refractivity contribution in [2.24, 2.45) is 0 Å². The van der Waals surface area contributed by atoms with Gasteiger partial charge in [0.15, 0.2) is 0 Å². The van der Waals surface area contributed by atoms with Gasteiger partial charge in [-0.2, -0.15) is 0 Å². The highest BCUT2D eigenvalue weighted by atomic mass is 32.1. The summed E-state index contributed by atoms with van der Waals surface area (Å²) in [7, 11) is 2.04. The maximum atomic E-state index is 5.80. The fraction of sp³-hybridized carbons (Fsp3) is 0.333. The lowest BCUT2D eigenvalue weighted by Gasteiger charge is -2.20. The van der Waals surface area contributed by atoms with E-state index in [0.717, 1.165) is 5.69 Å². The molecular weight excluding hydrogens is 232 g/mol. The molecule has 0 radical (unpaired) electrons. The Morgan fingerprint density at radius 1 is 1.35 bits per heavy atom. The van der Waals surface area contributed by atoms with Gasteiger partial charge in [0.1, 0.15) is 10.7 Å². The molecule has 5 heteroatoms. The SMILES string of the molecule is Cc1ccc(N(C)Cc2nnsc2N)c(C)c1. The van der Waals surface area contributed by atoms with Crippen molar-refractivity contribution in [1.29, 1.82) is 0 Å². The van der Waals surface area contributed by atoms with E-state index in [9.17, 15) is 0 Å². The summed E-state index contributed by atoms with van der Waals surface area (Å²) >= 11 is 1.24. The van der Waals surface area contributed by atoms with Gasteiger partial charge in [0.05, 0.1) is 6.54 Å². The molecule has 17 heavy (non-hydrogen) atoms. The highest BCUT2D eigenvalue weighted by Gasteiger charge is 2.10. The van der Waals surface area contributed by atoms with E-state index in [1.165, 1.54) is 28.3 Å². The summed E-state index contributed by atoms with van der Waals surface area (Å²) in [6, 6.07) is 6.41. The Balaban J connectivity index is 2.20. The quantitative estimate of drug-likeness (QED) is 0.906. The van der Waals surface area contributed by atoms with Crippen LogP contribution in [-0.2, 0) is 6.54 Å². The van der Waals surface area contributed by atoms with Crippen LogP contribution in [0.1, 0.15) is 16.8 Å². The van der Waals surface area contributed by atoms with Crippen LogP contribution in [0.2, 0.25) is 0 Å². The molecule has 1 aromatic heterocycles. The van der Waals surface area contributed by atoms with Gasteiger partial charge in [-0.3, -0.25) is 0 Å². The van der Waals surface area contributed by atoms with Crippen molar-refractivity contribution in [3.05, 3.63) is 35.0 Å². The van der Waals surface area contributed by atoms with Gasteiger partial charge in [-0.15, -0.1) is 5.10 Å². The van der Waals surface area contributed by atoms with Crippen molar-refractivity contribution in [2.45, 2.75) is 20.4 Å². The van der Waals surface area contributed by atoms with Crippen LogP contribution in [0.25, 0.3) is 0 Å². The van der Waals surface area contributed by atoms with E-state index in [1.807, 2.05) is 7.05 Å². The Morgan fingerprint density at radius 3 is 2.71 bits per heavy atom. The number of nitrogens with zero attached hydrogens (tertiary/aromatic N) is 3. The summed E-state index contributed by atoms with van der Waals surface area (Å²) in [5.74, 6) is 0. The number of hydrogen-bond acceptors (Lipinski definition) is 5. The molecule has 2 rings (SSSR count). The molecule has 0 bridgehead atoms. The number of benzene rings is 1. The zero-order valence-electron chi connectivity index (χ0n) is 10.3. The zero-order chi connectivity index (χ0) is 12.4. The Hall–Kier alpha value is -1.62. The molecule has 0 saturated carbocycles. The number of aromatic nitrogens is 2. The first-order valence-corrected chi connectivity index (χ1v) is 6.20. The first kappa shape index (κ1) is 11.9. The minimum absolute atomic E-state index is 0.687. The predicted molar refractivity (Wildman–Crippen MR) is 72.3 cm³/mol. The van der Waals surface area contributed by atoms with Crippen molar-refractivity contribution in [2.75, 3.05) is 17.7 Å². The first-order valence-electron chi connectivity index (χ1n) is 5.43. The van der Waals surface area contributed by atoms with E-state index in [-0.39, 0.29) is 0 Å². The van der Waals surface area contributed by atoms with E-state index in [0.29, 0.717) is 11.5 Å². The number of aryl methyl sites for hydroxylation is 2. The maximum absolute atomic E-state index is 5.80. The van der Waals surface area contributed by atoms with Crippen LogP contribution in [0.4, 0.5) is 10.7 Å². The van der Waals surface area contributed by atoms with Gasteiger partial charge in [-0.1, -0.05) is 22.2 Å². The predicted octanol–water partition coefficient (Wildman–Crippen LogP) is 2.37.